The molecule has 0 amide bonds. The van der Waals surface area contributed by atoms with E-state index in [0.29, 0.717) is 5.92 Å². The van der Waals surface area contributed by atoms with E-state index in [1.165, 1.54) is 39.3 Å². The average molecular weight is 469 g/mol. The van der Waals surface area contributed by atoms with Gasteiger partial charge in [0.2, 0.25) is 5.69 Å². The molecule has 0 radical (unpaired) electrons. The first-order valence-electron chi connectivity index (χ1n) is 12.9. The predicted octanol–water partition coefficient (Wildman–Crippen LogP) is 7.00. The van der Waals surface area contributed by atoms with Crippen LogP contribution in [0.1, 0.15) is 35.9 Å². The van der Waals surface area contributed by atoms with Crippen molar-refractivity contribution >= 4 is 11.4 Å². The summed E-state index contributed by atoms with van der Waals surface area (Å²) in [6.07, 6.45) is 9.88. The molecule has 0 aliphatic carbocycles. The maximum Gasteiger partial charge on any atom is 0.213 e. The molecule has 3 unspecified atom stereocenters. The lowest BCUT2D eigenvalue weighted by Crippen LogP contribution is -2.50. The number of para-hydroxylation sites is 2. The van der Waals surface area contributed by atoms with Gasteiger partial charge in [0, 0.05) is 47.9 Å². The average Bonchev–Trinajstić information content (AvgIpc) is 3.35. The van der Waals surface area contributed by atoms with Gasteiger partial charge in [-0.15, -0.1) is 0 Å². The number of aromatic nitrogens is 1. The van der Waals surface area contributed by atoms with Crippen LogP contribution in [0.25, 0.3) is 11.3 Å². The summed E-state index contributed by atoms with van der Waals surface area (Å²) in [5.41, 5.74) is 9.31. The first-order chi connectivity index (χ1) is 17.8. The van der Waals surface area contributed by atoms with E-state index in [1.54, 1.807) is 0 Å². The minimum absolute atomic E-state index is 0.143. The van der Waals surface area contributed by atoms with Crippen molar-refractivity contribution in [1.29, 1.82) is 0 Å². The van der Waals surface area contributed by atoms with E-state index in [9.17, 15) is 0 Å². The molecule has 1 aromatic heterocycles. The van der Waals surface area contributed by atoms with Crippen molar-refractivity contribution in [3.8, 4) is 11.3 Å². The van der Waals surface area contributed by atoms with E-state index in [0.717, 1.165) is 19.3 Å². The zero-order valence-corrected chi connectivity index (χ0v) is 20.4. The standard InChI is InChI=1S/C33H30N3/c1-24-23-32-34(26-12-3-2-4-13-26)21-22-35(32)30-16-8-5-11-25(30)18-19-29-27-14-6-7-15-28(27)31-17-9-10-20-36(31)33(24)29/h2-17,20-22,29,32-33H,1,18-19,23H2/q+1. The molecule has 0 saturated carbocycles. The third-order valence-electron chi connectivity index (χ3n) is 8.15. The molecule has 0 saturated heterocycles. The number of benzene rings is 3. The third kappa shape index (κ3) is 3.30. The largest absolute Gasteiger partial charge is 0.325 e. The van der Waals surface area contributed by atoms with Gasteiger partial charge in [0.1, 0.15) is 6.17 Å². The zero-order chi connectivity index (χ0) is 24.1. The Morgan fingerprint density at radius 1 is 0.750 bits per heavy atom. The Balaban J connectivity index is 1.39. The van der Waals surface area contributed by atoms with Crippen molar-refractivity contribution in [3.05, 3.63) is 139 Å². The number of pyridine rings is 1. The van der Waals surface area contributed by atoms with Crippen LogP contribution in [0.15, 0.2) is 128 Å². The topological polar surface area (TPSA) is 10.4 Å². The molecule has 4 heterocycles. The summed E-state index contributed by atoms with van der Waals surface area (Å²) in [5.74, 6) is 0.382. The third-order valence-corrected chi connectivity index (χ3v) is 8.15. The first kappa shape index (κ1) is 21.2. The van der Waals surface area contributed by atoms with Crippen LogP contribution in [0, 0.1) is 0 Å². The maximum atomic E-state index is 4.79. The van der Waals surface area contributed by atoms with E-state index in [4.69, 9.17) is 6.58 Å². The van der Waals surface area contributed by atoms with Gasteiger partial charge in [-0.1, -0.05) is 61.2 Å². The molecule has 3 nitrogen and oxygen atoms in total. The van der Waals surface area contributed by atoms with Gasteiger partial charge in [0.05, 0.1) is 5.92 Å². The highest BCUT2D eigenvalue weighted by molar-refractivity contribution is 5.66. The Hall–Kier alpha value is -4.11. The van der Waals surface area contributed by atoms with Gasteiger partial charge in [0.15, 0.2) is 12.2 Å². The van der Waals surface area contributed by atoms with Crippen LogP contribution in [0.3, 0.4) is 0 Å². The van der Waals surface area contributed by atoms with Crippen LogP contribution in [0.2, 0.25) is 0 Å². The minimum Gasteiger partial charge on any atom is -0.325 e. The SMILES string of the molecule is C=C1CC2N(c3ccccc3)C=CN2c2ccccc2CCC2c3ccccc3-c3cccc[n+]3C12. The van der Waals surface area contributed by atoms with Crippen LogP contribution in [-0.4, -0.2) is 6.17 Å². The lowest BCUT2D eigenvalue weighted by atomic mass is 9.76. The summed E-state index contributed by atoms with van der Waals surface area (Å²) in [4.78, 5) is 4.87. The summed E-state index contributed by atoms with van der Waals surface area (Å²) < 4.78 is 2.49. The molecule has 3 aliphatic rings. The summed E-state index contributed by atoms with van der Waals surface area (Å²) in [6, 6.07) is 35.5. The lowest BCUT2D eigenvalue weighted by molar-refractivity contribution is -0.709. The van der Waals surface area contributed by atoms with Gasteiger partial charge < -0.3 is 9.80 Å². The quantitative estimate of drug-likeness (QED) is 0.220. The Kier molecular flexibility index (Phi) is 5.02. The zero-order valence-electron chi connectivity index (χ0n) is 20.4. The van der Waals surface area contributed by atoms with E-state index in [1.807, 2.05) is 0 Å². The summed E-state index contributed by atoms with van der Waals surface area (Å²) >= 11 is 0. The van der Waals surface area contributed by atoms with E-state index >= 15 is 0 Å². The summed E-state index contributed by atoms with van der Waals surface area (Å²) in [5, 5.41) is 0. The number of hydrogen-bond donors (Lipinski definition) is 0. The molecule has 36 heavy (non-hydrogen) atoms. The molecule has 0 N–H and O–H groups in total. The van der Waals surface area contributed by atoms with Gasteiger partial charge in [-0.3, -0.25) is 0 Å². The number of fused-ring (bicyclic) bond motifs is 9. The summed E-state index contributed by atoms with van der Waals surface area (Å²) in [7, 11) is 0. The molecule has 176 valence electrons. The fraction of sp³-hybridized carbons (Fsp3) is 0.182. The van der Waals surface area contributed by atoms with E-state index < -0.39 is 0 Å². The highest BCUT2D eigenvalue weighted by Crippen LogP contribution is 2.46. The Labute approximate surface area is 213 Å². The fourth-order valence-corrected chi connectivity index (χ4v) is 6.55. The van der Waals surface area contributed by atoms with Gasteiger partial charge in [0.25, 0.3) is 0 Å². The number of aryl methyl sites for hydroxylation is 1. The van der Waals surface area contributed by atoms with E-state index in [-0.39, 0.29) is 12.2 Å². The van der Waals surface area contributed by atoms with Crippen molar-refractivity contribution in [3.63, 3.8) is 0 Å². The molecule has 7 rings (SSSR count). The van der Waals surface area contributed by atoms with Crippen LogP contribution in [-0.2, 0) is 6.42 Å². The lowest BCUT2D eigenvalue weighted by Gasteiger charge is -2.38. The smallest absolute Gasteiger partial charge is 0.213 e. The van der Waals surface area contributed by atoms with Crippen molar-refractivity contribution < 1.29 is 4.57 Å². The Morgan fingerprint density at radius 2 is 1.50 bits per heavy atom. The van der Waals surface area contributed by atoms with Crippen LogP contribution >= 0.6 is 0 Å². The van der Waals surface area contributed by atoms with Crippen molar-refractivity contribution in [2.45, 2.75) is 37.4 Å². The summed E-state index contributed by atoms with van der Waals surface area (Å²) in [6.45, 7) is 4.79. The molecule has 3 aromatic carbocycles. The first-order valence-corrected chi connectivity index (χ1v) is 12.9. The van der Waals surface area contributed by atoms with Crippen LogP contribution in [0.4, 0.5) is 11.4 Å². The van der Waals surface area contributed by atoms with Crippen molar-refractivity contribution in [2.75, 3.05) is 9.80 Å². The molecule has 3 atom stereocenters. The fourth-order valence-electron chi connectivity index (χ4n) is 6.55. The van der Waals surface area contributed by atoms with Gasteiger partial charge in [-0.25, -0.2) is 0 Å². The molecule has 3 aliphatic heterocycles. The number of nitrogens with zero attached hydrogens (tertiary/aromatic N) is 3. The Morgan fingerprint density at radius 3 is 2.42 bits per heavy atom. The van der Waals surface area contributed by atoms with Crippen LogP contribution in [0.5, 0.6) is 0 Å². The van der Waals surface area contributed by atoms with Gasteiger partial charge in [-0.05, 0) is 59.9 Å². The minimum atomic E-state index is 0.143. The highest BCUT2D eigenvalue weighted by atomic mass is 15.4. The normalized spacial score (nSPS) is 22.2. The Bertz CT molecular complexity index is 1470. The number of anilines is 2. The number of hydrogen-bond acceptors (Lipinski definition) is 2. The van der Waals surface area contributed by atoms with E-state index in [2.05, 4.69) is 130 Å². The molecule has 3 heteroatoms. The van der Waals surface area contributed by atoms with Crippen molar-refractivity contribution in [2.24, 2.45) is 0 Å². The predicted molar refractivity (Wildman–Crippen MR) is 147 cm³/mol. The maximum absolute atomic E-state index is 4.79. The molecular formula is C33H30N3+. The molecule has 0 fully saturated rings. The molecular weight excluding hydrogens is 438 g/mol. The molecule has 4 aromatic rings. The molecule has 0 bridgehead atoms. The van der Waals surface area contributed by atoms with Gasteiger partial charge >= 0.3 is 0 Å². The van der Waals surface area contributed by atoms with Gasteiger partial charge in [-0.2, -0.15) is 4.57 Å². The number of rotatable bonds is 1. The molecule has 0 spiro atoms. The second-order valence-corrected chi connectivity index (χ2v) is 10.1. The monoisotopic (exact) mass is 468 g/mol. The van der Waals surface area contributed by atoms with Crippen molar-refractivity contribution in [1.82, 2.24) is 0 Å². The highest BCUT2D eigenvalue weighted by Gasteiger charge is 2.43. The van der Waals surface area contributed by atoms with Crippen LogP contribution < -0.4 is 14.4 Å². The second-order valence-electron chi connectivity index (χ2n) is 10.1. The second kappa shape index (κ2) is 8.53.